The second-order valence-corrected chi connectivity index (χ2v) is 2.28. The SMILES string of the molecule is CCCC=C(Cl)CC. The van der Waals surface area contributed by atoms with Crippen LogP contribution in [-0.2, 0) is 0 Å². The van der Waals surface area contributed by atoms with E-state index in [-0.39, 0.29) is 0 Å². The summed E-state index contributed by atoms with van der Waals surface area (Å²) >= 11 is 5.71. The molecule has 0 atom stereocenters. The fourth-order valence-electron chi connectivity index (χ4n) is 0.445. The maximum absolute atomic E-state index is 5.71. The number of allylic oxidation sites excluding steroid dienone is 2. The summed E-state index contributed by atoms with van der Waals surface area (Å²) in [6.45, 7) is 4.21. The Morgan fingerprint density at radius 2 is 2.12 bits per heavy atom. The van der Waals surface area contributed by atoms with Crippen LogP contribution in [0.5, 0.6) is 0 Å². The Morgan fingerprint density at radius 3 is 2.50 bits per heavy atom. The average molecular weight is 133 g/mol. The van der Waals surface area contributed by atoms with Gasteiger partial charge in [-0.1, -0.05) is 37.9 Å². The Labute approximate surface area is 56.5 Å². The van der Waals surface area contributed by atoms with E-state index in [0.717, 1.165) is 17.9 Å². The quantitative estimate of drug-likeness (QED) is 0.553. The third kappa shape index (κ3) is 4.20. The van der Waals surface area contributed by atoms with Gasteiger partial charge in [-0.2, -0.15) is 0 Å². The van der Waals surface area contributed by atoms with E-state index in [1.54, 1.807) is 0 Å². The first-order chi connectivity index (χ1) is 3.81. The minimum Gasteiger partial charge on any atom is -0.0895 e. The van der Waals surface area contributed by atoms with Gasteiger partial charge in [0.1, 0.15) is 0 Å². The Balaban J connectivity index is 3.26. The second-order valence-electron chi connectivity index (χ2n) is 1.79. The molecule has 0 radical (unpaired) electrons. The molecule has 0 aliphatic heterocycles. The van der Waals surface area contributed by atoms with Crippen molar-refractivity contribution in [3.63, 3.8) is 0 Å². The summed E-state index contributed by atoms with van der Waals surface area (Å²) in [5, 5.41) is 0.992. The largest absolute Gasteiger partial charge is 0.0895 e. The van der Waals surface area contributed by atoms with Crippen LogP contribution >= 0.6 is 11.6 Å². The molecular formula is C7H13Cl. The van der Waals surface area contributed by atoms with Gasteiger partial charge in [0.2, 0.25) is 0 Å². The van der Waals surface area contributed by atoms with Crippen LogP contribution in [0.4, 0.5) is 0 Å². The average Bonchev–Trinajstić information content (AvgIpc) is 1.83. The lowest BCUT2D eigenvalue weighted by molar-refractivity contribution is 0.948. The van der Waals surface area contributed by atoms with Crippen LogP contribution < -0.4 is 0 Å². The monoisotopic (exact) mass is 132 g/mol. The third-order valence-corrected chi connectivity index (χ3v) is 1.41. The molecule has 0 aromatic carbocycles. The van der Waals surface area contributed by atoms with Gasteiger partial charge in [0, 0.05) is 5.03 Å². The van der Waals surface area contributed by atoms with E-state index < -0.39 is 0 Å². The number of rotatable bonds is 3. The minimum atomic E-state index is 0.974. The Bertz CT molecular complexity index is 74.5. The van der Waals surface area contributed by atoms with Crippen molar-refractivity contribution < 1.29 is 0 Å². The van der Waals surface area contributed by atoms with Crippen molar-refractivity contribution >= 4 is 11.6 Å². The van der Waals surface area contributed by atoms with Crippen molar-refractivity contribution in [3.05, 3.63) is 11.1 Å². The summed E-state index contributed by atoms with van der Waals surface area (Å²) in [7, 11) is 0. The summed E-state index contributed by atoms with van der Waals surface area (Å²) in [6, 6.07) is 0. The van der Waals surface area contributed by atoms with Gasteiger partial charge in [0.05, 0.1) is 0 Å². The zero-order valence-corrected chi connectivity index (χ0v) is 6.33. The van der Waals surface area contributed by atoms with Gasteiger partial charge in [-0.05, 0) is 12.8 Å². The summed E-state index contributed by atoms with van der Waals surface area (Å²) in [5.41, 5.74) is 0. The molecule has 0 fully saturated rings. The highest BCUT2D eigenvalue weighted by Crippen LogP contribution is 2.07. The summed E-state index contributed by atoms with van der Waals surface area (Å²) < 4.78 is 0. The van der Waals surface area contributed by atoms with Crippen molar-refractivity contribution in [3.8, 4) is 0 Å². The van der Waals surface area contributed by atoms with Crippen LogP contribution in [0.15, 0.2) is 11.1 Å². The predicted octanol–water partition coefficient (Wildman–Crippen LogP) is 3.32. The van der Waals surface area contributed by atoms with Gasteiger partial charge in [-0.3, -0.25) is 0 Å². The van der Waals surface area contributed by atoms with Crippen LogP contribution in [0.1, 0.15) is 33.1 Å². The predicted molar refractivity (Wildman–Crippen MR) is 39.1 cm³/mol. The molecule has 1 heteroatoms. The summed E-state index contributed by atoms with van der Waals surface area (Å²) in [5.74, 6) is 0. The number of hydrogen-bond acceptors (Lipinski definition) is 0. The molecule has 0 saturated carbocycles. The molecule has 0 nitrogen and oxygen atoms in total. The summed E-state index contributed by atoms with van der Waals surface area (Å²) in [4.78, 5) is 0. The lowest BCUT2D eigenvalue weighted by Gasteiger charge is -1.88. The molecule has 0 saturated heterocycles. The first-order valence-electron chi connectivity index (χ1n) is 3.15. The van der Waals surface area contributed by atoms with Gasteiger partial charge >= 0.3 is 0 Å². The number of halogens is 1. The van der Waals surface area contributed by atoms with Crippen molar-refractivity contribution in [1.82, 2.24) is 0 Å². The van der Waals surface area contributed by atoms with E-state index in [4.69, 9.17) is 11.6 Å². The fraction of sp³-hybridized carbons (Fsp3) is 0.714. The molecule has 8 heavy (non-hydrogen) atoms. The van der Waals surface area contributed by atoms with Gasteiger partial charge < -0.3 is 0 Å². The second kappa shape index (κ2) is 5.17. The highest BCUT2D eigenvalue weighted by molar-refractivity contribution is 6.29. The molecule has 0 aliphatic carbocycles. The van der Waals surface area contributed by atoms with E-state index >= 15 is 0 Å². The van der Waals surface area contributed by atoms with E-state index in [2.05, 4.69) is 19.9 Å². The van der Waals surface area contributed by atoms with Gasteiger partial charge in [0.25, 0.3) is 0 Å². The summed E-state index contributed by atoms with van der Waals surface area (Å²) in [6.07, 6.45) is 5.37. The van der Waals surface area contributed by atoms with E-state index in [1.807, 2.05) is 0 Å². The van der Waals surface area contributed by atoms with Crippen LogP contribution in [0.2, 0.25) is 0 Å². The fourth-order valence-corrected chi connectivity index (χ4v) is 0.554. The molecule has 0 unspecified atom stereocenters. The molecule has 0 aliphatic rings. The standard InChI is InChI=1S/C7H13Cl/c1-3-5-6-7(8)4-2/h6H,3-5H2,1-2H3. The first-order valence-corrected chi connectivity index (χ1v) is 3.53. The normalized spacial score (nSPS) is 12.1. The van der Waals surface area contributed by atoms with E-state index in [9.17, 15) is 0 Å². The molecule has 0 N–H and O–H groups in total. The van der Waals surface area contributed by atoms with Crippen molar-refractivity contribution in [2.24, 2.45) is 0 Å². The smallest absolute Gasteiger partial charge is 0.0138 e. The van der Waals surface area contributed by atoms with Gasteiger partial charge in [0.15, 0.2) is 0 Å². The molecule has 48 valence electrons. The minimum absolute atomic E-state index is 0.974. The topological polar surface area (TPSA) is 0 Å². The molecule has 0 bridgehead atoms. The van der Waals surface area contributed by atoms with Crippen LogP contribution in [0.25, 0.3) is 0 Å². The maximum atomic E-state index is 5.71. The van der Waals surface area contributed by atoms with Crippen LogP contribution in [-0.4, -0.2) is 0 Å². The van der Waals surface area contributed by atoms with E-state index in [0.29, 0.717) is 0 Å². The molecule has 0 heterocycles. The zero-order chi connectivity index (χ0) is 6.41. The maximum Gasteiger partial charge on any atom is 0.0138 e. The van der Waals surface area contributed by atoms with Gasteiger partial charge in [-0.25, -0.2) is 0 Å². The number of unbranched alkanes of at least 4 members (excludes halogenated alkanes) is 1. The molecule has 0 rings (SSSR count). The van der Waals surface area contributed by atoms with Crippen molar-refractivity contribution in [1.29, 1.82) is 0 Å². The molecular weight excluding hydrogens is 120 g/mol. The lowest BCUT2D eigenvalue weighted by Crippen LogP contribution is -1.66. The van der Waals surface area contributed by atoms with Crippen LogP contribution in [0.3, 0.4) is 0 Å². The molecule has 0 amide bonds. The Kier molecular flexibility index (Phi) is 5.19. The number of hydrogen-bond donors (Lipinski definition) is 0. The van der Waals surface area contributed by atoms with Crippen molar-refractivity contribution in [2.45, 2.75) is 33.1 Å². The zero-order valence-electron chi connectivity index (χ0n) is 5.58. The molecule has 0 aromatic rings. The van der Waals surface area contributed by atoms with Crippen molar-refractivity contribution in [2.75, 3.05) is 0 Å². The Morgan fingerprint density at radius 1 is 1.50 bits per heavy atom. The highest BCUT2D eigenvalue weighted by atomic mass is 35.5. The molecule has 0 spiro atoms. The lowest BCUT2D eigenvalue weighted by atomic mass is 10.3. The van der Waals surface area contributed by atoms with Gasteiger partial charge in [-0.15, -0.1) is 0 Å². The third-order valence-electron chi connectivity index (χ3n) is 0.992. The molecule has 0 aromatic heterocycles. The van der Waals surface area contributed by atoms with E-state index in [1.165, 1.54) is 6.42 Å². The highest BCUT2D eigenvalue weighted by Gasteiger charge is 1.82. The Hall–Kier alpha value is 0.0300. The first kappa shape index (κ1) is 8.03. The van der Waals surface area contributed by atoms with Crippen LogP contribution in [0, 0.1) is 0 Å².